The van der Waals surface area contributed by atoms with E-state index >= 15 is 0 Å². The second kappa shape index (κ2) is 7.30. The monoisotopic (exact) mass is 239 g/mol. The number of rotatable bonds is 6. The Bertz CT molecular complexity index is 324. The predicted octanol–water partition coefficient (Wildman–Crippen LogP) is 2.06. The third-order valence-electron chi connectivity index (χ3n) is 2.14. The molecule has 0 spiro atoms. The Morgan fingerprint density at radius 3 is 2.62 bits per heavy atom. The predicted molar refractivity (Wildman–Crippen MR) is 67.6 cm³/mol. The highest BCUT2D eigenvalue weighted by atomic mass is 32.2. The van der Waals surface area contributed by atoms with E-state index in [9.17, 15) is 4.79 Å². The quantitative estimate of drug-likeness (QED) is 0.610. The van der Waals surface area contributed by atoms with Gasteiger partial charge in [-0.2, -0.15) is 11.8 Å². The largest absolute Gasteiger partial charge is 0.465 e. The van der Waals surface area contributed by atoms with Crippen LogP contribution in [0.4, 0.5) is 0 Å². The Kier molecular flexibility index (Phi) is 5.96. The third-order valence-corrected chi connectivity index (χ3v) is 3.25. The van der Waals surface area contributed by atoms with E-state index in [2.05, 4.69) is 4.74 Å². The van der Waals surface area contributed by atoms with Gasteiger partial charge in [0.05, 0.1) is 12.7 Å². The van der Waals surface area contributed by atoms with Crippen LogP contribution < -0.4 is 5.73 Å². The van der Waals surface area contributed by atoms with E-state index in [4.69, 9.17) is 5.73 Å². The molecule has 0 heterocycles. The number of esters is 1. The smallest absolute Gasteiger partial charge is 0.337 e. The average Bonchev–Trinajstić information content (AvgIpc) is 2.34. The zero-order chi connectivity index (χ0) is 11.8. The molecule has 16 heavy (non-hydrogen) atoms. The van der Waals surface area contributed by atoms with Crippen LogP contribution in [0, 0.1) is 0 Å². The molecular weight excluding hydrogens is 222 g/mol. The molecule has 0 unspecified atom stereocenters. The molecule has 0 aromatic heterocycles. The maximum Gasteiger partial charge on any atom is 0.337 e. The van der Waals surface area contributed by atoms with Gasteiger partial charge in [-0.15, -0.1) is 0 Å². The summed E-state index contributed by atoms with van der Waals surface area (Å²) >= 11 is 1.85. The lowest BCUT2D eigenvalue weighted by atomic mass is 10.1. The van der Waals surface area contributed by atoms with Crippen molar-refractivity contribution in [2.24, 2.45) is 5.73 Å². The number of nitrogens with two attached hydrogens (primary N) is 1. The molecule has 0 fully saturated rings. The van der Waals surface area contributed by atoms with Gasteiger partial charge in [-0.3, -0.25) is 0 Å². The molecule has 4 heteroatoms. The van der Waals surface area contributed by atoms with Crippen molar-refractivity contribution in [3.63, 3.8) is 0 Å². The number of benzene rings is 1. The van der Waals surface area contributed by atoms with Crippen LogP contribution in [0.15, 0.2) is 24.3 Å². The van der Waals surface area contributed by atoms with Gasteiger partial charge in [-0.1, -0.05) is 12.1 Å². The lowest BCUT2D eigenvalue weighted by molar-refractivity contribution is 0.0601. The molecule has 0 aliphatic rings. The second-order valence-corrected chi connectivity index (χ2v) is 4.49. The number of thioether (sulfide) groups is 1. The Morgan fingerprint density at radius 2 is 2.06 bits per heavy atom. The minimum atomic E-state index is -0.290. The normalized spacial score (nSPS) is 10.1. The van der Waals surface area contributed by atoms with Gasteiger partial charge in [0.2, 0.25) is 0 Å². The number of hydrogen-bond donors (Lipinski definition) is 1. The minimum absolute atomic E-state index is 0.290. The fourth-order valence-electron chi connectivity index (χ4n) is 1.23. The molecule has 0 aliphatic heterocycles. The Balaban J connectivity index is 2.42. The summed E-state index contributed by atoms with van der Waals surface area (Å²) in [6.07, 6.45) is 1.05. The standard InChI is InChI=1S/C12H17NO2S/c1-15-12(14)11-5-3-10(4-6-11)9-16-8-2-7-13/h3-6H,2,7-9,13H2,1H3. The third kappa shape index (κ3) is 4.24. The van der Waals surface area contributed by atoms with Crippen LogP contribution in [-0.2, 0) is 10.5 Å². The average molecular weight is 239 g/mol. The van der Waals surface area contributed by atoms with E-state index in [1.54, 1.807) is 12.1 Å². The SMILES string of the molecule is COC(=O)c1ccc(CSCCCN)cc1. The Morgan fingerprint density at radius 1 is 1.38 bits per heavy atom. The molecule has 0 aliphatic carbocycles. The molecule has 2 N–H and O–H groups in total. The van der Waals surface area contributed by atoms with Gasteiger partial charge in [-0.25, -0.2) is 4.79 Å². The lowest BCUT2D eigenvalue weighted by Gasteiger charge is -2.03. The van der Waals surface area contributed by atoms with Crippen LogP contribution in [-0.4, -0.2) is 25.4 Å². The van der Waals surface area contributed by atoms with Gasteiger partial charge in [0, 0.05) is 5.75 Å². The number of methoxy groups -OCH3 is 1. The van der Waals surface area contributed by atoms with Crippen molar-refractivity contribution in [1.82, 2.24) is 0 Å². The lowest BCUT2D eigenvalue weighted by Crippen LogP contribution is -2.01. The first kappa shape index (κ1) is 13.1. The van der Waals surface area contributed by atoms with E-state index < -0.39 is 0 Å². The fourth-order valence-corrected chi connectivity index (χ4v) is 2.17. The van der Waals surface area contributed by atoms with Crippen LogP contribution in [0.3, 0.4) is 0 Å². The number of carbonyl (C=O) groups excluding carboxylic acids is 1. The molecule has 88 valence electrons. The molecule has 0 atom stereocenters. The van der Waals surface area contributed by atoms with Crippen molar-refractivity contribution in [2.75, 3.05) is 19.4 Å². The van der Waals surface area contributed by atoms with E-state index in [1.165, 1.54) is 12.7 Å². The molecule has 0 bridgehead atoms. The van der Waals surface area contributed by atoms with Crippen LogP contribution >= 0.6 is 11.8 Å². The van der Waals surface area contributed by atoms with E-state index in [-0.39, 0.29) is 5.97 Å². The van der Waals surface area contributed by atoms with Crippen molar-refractivity contribution >= 4 is 17.7 Å². The highest BCUT2D eigenvalue weighted by Gasteiger charge is 2.03. The zero-order valence-corrected chi connectivity index (χ0v) is 10.3. The number of carbonyl (C=O) groups is 1. The summed E-state index contributed by atoms with van der Waals surface area (Å²) in [6, 6.07) is 7.51. The zero-order valence-electron chi connectivity index (χ0n) is 9.44. The van der Waals surface area contributed by atoms with Crippen LogP contribution in [0.5, 0.6) is 0 Å². The van der Waals surface area contributed by atoms with Crippen LogP contribution in [0.1, 0.15) is 22.3 Å². The van der Waals surface area contributed by atoms with Crippen LogP contribution in [0.2, 0.25) is 0 Å². The fraction of sp³-hybridized carbons (Fsp3) is 0.417. The molecule has 0 saturated heterocycles. The molecule has 1 rings (SSSR count). The first-order valence-corrected chi connectivity index (χ1v) is 6.38. The minimum Gasteiger partial charge on any atom is -0.465 e. The molecule has 0 amide bonds. The van der Waals surface area contributed by atoms with E-state index in [1.807, 2.05) is 23.9 Å². The summed E-state index contributed by atoms with van der Waals surface area (Å²) < 4.78 is 4.63. The van der Waals surface area contributed by atoms with E-state index in [0.29, 0.717) is 5.56 Å². The first-order valence-electron chi connectivity index (χ1n) is 5.23. The molecular formula is C12H17NO2S. The van der Waals surface area contributed by atoms with Gasteiger partial charge < -0.3 is 10.5 Å². The Hall–Kier alpha value is -1.00. The van der Waals surface area contributed by atoms with Gasteiger partial charge in [0.1, 0.15) is 0 Å². The molecule has 1 aromatic carbocycles. The topological polar surface area (TPSA) is 52.3 Å². The molecule has 1 aromatic rings. The first-order chi connectivity index (χ1) is 7.77. The van der Waals surface area contributed by atoms with E-state index in [0.717, 1.165) is 24.5 Å². The van der Waals surface area contributed by atoms with Crippen molar-refractivity contribution in [2.45, 2.75) is 12.2 Å². The molecule has 0 saturated carbocycles. The maximum absolute atomic E-state index is 11.2. The summed E-state index contributed by atoms with van der Waals surface area (Å²) in [6.45, 7) is 0.744. The second-order valence-electron chi connectivity index (χ2n) is 3.38. The van der Waals surface area contributed by atoms with Crippen LogP contribution in [0.25, 0.3) is 0 Å². The summed E-state index contributed by atoms with van der Waals surface area (Å²) in [5.41, 5.74) is 7.22. The summed E-state index contributed by atoms with van der Waals surface area (Å²) in [5, 5.41) is 0. The molecule has 3 nitrogen and oxygen atoms in total. The number of hydrogen-bond acceptors (Lipinski definition) is 4. The summed E-state index contributed by atoms with van der Waals surface area (Å²) in [4.78, 5) is 11.2. The van der Waals surface area contributed by atoms with Gasteiger partial charge >= 0.3 is 5.97 Å². The van der Waals surface area contributed by atoms with Gasteiger partial charge in [0.25, 0.3) is 0 Å². The maximum atomic E-state index is 11.2. The highest BCUT2D eigenvalue weighted by molar-refractivity contribution is 7.98. The van der Waals surface area contributed by atoms with Gasteiger partial charge in [-0.05, 0) is 36.4 Å². The van der Waals surface area contributed by atoms with Gasteiger partial charge in [0.15, 0.2) is 0 Å². The summed E-state index contributed by atoms with van der Waals surface area (Å²) in [7, 11) is 1.39. The van der Waals surface area contributed by atoms with Crippen molar-refractivity contribution in [3.05, 3.63) is 35.4 Å². The highest BCUT2D eigenvalue weighted by Crippen LogP contribution is 2.14. The summed E-state index contributed by atoms with van der Waals surface area (Å²) in [5.74, 6) is 1.75. The molecule has 0 radical (unpaired) electrons. The Labute approximate surface area is 100 Å². The van der Waals surface area contributed by atoms with Crippen molar-refractivity contribution in [1.29, 1.82) is 0 Å². The van der Waals surface area contributed by atoms with Crippen molar-refractivity contribution in [3.8, 4) is 0 Å². The number of ether oxygens (including phenoxy) is 1. The van der Waals surface area contributed by atoms with Crippen molar-refractivity contribution < 1.29 is 9.53 Å².